The standard InChI is InChI=1S/C19H20ClN3O2S/c20-15-8-2-1-7-14(15)13-23-17-10-4-3-9-16(17)21-19(23)26-12-6-5-11-18(24)22-25/h1-4,7-10,25H,5-6,11-13H2,(H,22,24). The number of imidazole rings is 1. The van der Waals surface area contributed by atoms with Crippen molar-refractivity contribution in [1.82, 2.24) is 15.0 Å². The van der Waals surface area contributed by atoms with Crippen LogP contribution in [0.15, 0.2) is 53.7 Å². The van der Waals surface area contributed by atoms with Gasteiger partial charge in [-0.2, -0.15) is 0 Å². The molecule has 1 amide bonds. The van der Waals surface area contributed by atoms with Crippen molar-refractivity contribution in [2.75, 3.05) is 5.75 Å². The van der Waals surface area contributed by atoms with Crippen molar-refractivity contribution in [3.63, 3.8) is 0 Å². The zero-order chi connectivity index (χ0) is 18.4. The number of hydrogen-bond acceptors (Lipinski definition) is 4. The van der Waals surface area contributed by atoms with Gasteiger partial charge in [0.05, 0.1) is 17.6 Å². The Kier molecular flexibility index (Phi) is 6.55. The highest BCUT2D eigenvalue weighted by molar-refractivity contribution is 7.99. The first kappa shape index (κ1) is 18.8. The minimum absolute atomic E-state index is 0.326. The smallest absolute Gasteiger partial charge is 0.243 e. The molecule has 7 heteroatoms. The number of nitrogens with one attached hydrogen (secondary N) is 1. The summed E-state index contributed by atoms with van der Waals surface area (Å²) >= 11 is 8.01. The Balaban J connectivity index is 1.75. The maximum atomic E-state index is 11.1. The van der Waals surface area contributed by atoms with Crippen molar-refractivity contribution in [2.24, 2.45) is 0 Å². The third kappa shape index (κ3) is 4.58. The van der Waals surface area contributed by atoms with Crippen LogP contribution in [0.4, 0.5) is 0 Å². The van der Waals surface area contributed by atoms with Gasteiger partial charge in [0.2, 0.25) is 5.91 Å². The molecular formula is C19H20ClN3O2S. The number of carbonyl (C=O) groups is 1. The van der Waals surface area contributed by atoms with E-state index in [-0.39, 0.29) is 5.91 Å². The van der Waals surface area contributed by atoms with Crippen molar-refractivity contribution >= 4 is 40.3 Å². The average Bonchev–Trinajstić information content (AvgIpc) is 3.00. The number of para-hydroxylation sites is 2. The fourth-order valence-electron chi connectivity index (χ4n) is 2.72. The highest BCUT2D eigenvalue weighted by atomic mass is 35.5. The number of benzene rings is 2. The molecule has 1 aromatic heterocycles. The molecule has 136 valence electrons. The molecular weight excluding hydrogens is 370 g/mol. The van der Waals surface area contributed by atoms with Crippen LogP contribution in [0.25, 0.3) is 11.0 Å². The number of unbranched alkanes of at least 4 members (excludes halogenated alkanes) is 1. The van der Waals surface area contributed by atoms with Crippen molar-refractivity contribution in [1.29, 1.82) is 0 Å². The van der Waals surface area contributed by atoms with E-state index in [1.54, 1.807) is 17.2 Å². The molecule has 0 aliphatic rings. The van der Waals surface area contributed by atoms with Gasteiger partial charge in [-0.15, -0.1) is 0 Å². The van der Waals surface area contributed by atoms with E-state index >= 15 is 0 Å². The lowest BCUT2D eigenvalue weighted by atomic mass is 10.2. The van der Waals surface area contributed by atoms with Crippen molar-refractivity contribution in [2.45, 2.75) is 31.0 Å². The van der Waals surface area contributed by atoms with Gasteiger partial charge in [-0.3, -0.25) is 10.0 Å². The number of hydroxylamine groups is 1. The SMILES string of the molecule is O=C(CCCCSc1nc2ccccc2n1Cc1ccccc1Cl)NO. The maximum Gasteiger partial charge on any atom is 0.243 e. The molecule has 0 bridgehead atoms. The Labute approximate surface area is 161 Å². The van der Waals surface area contributed by atoms with Crippen LogP contribution in [0, 0.1) is 0 Å². The lowest BCUT2D eigenvalue weighted by molar-refractivity contribution is -0.129. The van der Waals surface area contributed by atoms with E-state index < -0.39 is 0 Å². The van der Waals surface area contributed by atoms with Gasteiger partial charge in [0.1, 0.15) is 0 Å². The molecule has 1 heterocycles. The Morgan fingerprint density at radius 1 is 1.15 bits per heavy atom. The monoisotopic (exact) mass is 389 g/mol. The number of rotatable bonds is 8. The van der Waals surface area contributed by atoms with Crippen LogP contribution in [0.1, 0.15) is 24.8 Å². The summed E-state index contributed by atoms with van der Waals surface area (Å²) in [5, 5.41) is 10.2. The van der Waals surface area contributed by atoms with E-state index in [9.17, 15) is 4.79 Å². The zero-order valence-corrected chi connectivity index (χ0v) is 15.8. The fraction of sp³-hybridized carbons (Fsp3) is 0.263. The molecule has 5 nitrogen and oxygen atoms in total. The van der Waals surface area contributed by atoms with E-state index in [0.29, 0.717) is 13.0 Å². The van der Waals surface area contributed by atoms with Gasteiger partial charge in [-0.25, -0.2) is 10.5 Å². The highest BCUT2D eigenvalue weighted by Crippen LogP contribution is 2.27. The molecule has 3 rings (SSSR count). The molecule has 26 heavy (non-hydrogen) atoms. The third-order valence-corrected chi connectivity index (χ3v) is 5.49. The minimum Gasteiger partial charge on any atom is -0.314 e. The van der Waals surface area contributed by atoms with E-state index in [0.717, 1.165) is 45.4 Å². The summed E-state index contributed by atoms with van der Waals surface area (Å²) in [7, 11) is 0. The van der Waals surface area contributed by atoms with Crippen LogP contribution >= 0.6 is 23.4 Å². The normalized spacial score (nSPS) is 11.0. The summed E-state index contributed by atoms with van der Waals surface area (Å²) < 4.78 is 2.18. The molecule has 0 unspecified atom stereocenters. The van der Waals surface area contributed by atoms with Gasteiger partial charge in [0.25, 0.3) is 0 Å². The van der Waals surface area contributed by atoms with Gasteiger partial charge < -0.3 is 4.57 Å². The van der Waals surface area contributed by atoms with Gasteiger partial charge in [0, 0.05) is 17.2 Å². The number of hydrogen-bond donors (Lipinski definition) is 2. The van der Waals surface area contributed by atoms with Crippen LogP contribution in [0.2, 0.25) is 5.02 Å². The molecule has 0 radical (unpaired) electrons. The summed E-state index contributed by atoms with van der Waals surface area (Å²) in [5.41, 5.74) is 4.75. The highest BCUT2D eigenvalue weighted by Gasteiger charge is 2.12. The lowest BCUT2D eigenvalue weighted by Gasteiger charge is -2.10. The number of carbonyl (C=O) groups excluding carboxylic acids is 1. The lowest BCUT2D eigenvalue weighted by Crippen LogP contribution is -2.17. The second kappa shape index (κ2) is 9.07. The minimum atomic E-state index is -0.346. The number of amides is 1. The number of aromatic nitrogens is 2. The molecule has 0 atom stereocenters. The summed E-state index contributed by atoms with van der Waals surface area (Å²) in [6.45, 7) is 0.662. The molecule has 3 aromatic rings. The third-order valence-electron chi connectivity index (χ3n) is 4.06. The number of thioether (sulfide) groups is 1. The fourth-order valence-corrected chi connectivity index (χ4v) is 3.93. The first-order valence-electron chi connectivity index (χ1n) is 8.43. The van der Waals surface area contributed by atoms with Crippen molar-refractivity contribution in [3.8, 4) is 0 Å². The predicted molar refractivity (Wildman–Crippen MR) is 105 cm³/mol. The molecule has 0 aliphatic carbocycles. The zero-order valence-electron chi connectivity index (χ0n) is 14.2. The second-order valence-electron chi connectivity index (χ2n) is 5.90. The van der Waals surface area contributed by atoms with E-state index in [1.165, 1.54) is 0 Å². The average molecular weight is 390 g/mol. The van der Waals surface area contributed by atoms with Crippen LogP contribution in [-0.2, 0) is 11.3 Å². The molecule has 0 saturated carbocycles. The predicted octanol–water partition coefficient (Wildman–Crippen LogP) is 4.51. The Hall–Kier alpha value is -2.02. The largest absolute Gasteiger partial charge is 0.314 e. The molecule has 0 fully saturated rings. The van der Waals surface area contributed by atoms with E-state index in [1.807, 2.05) is 42.5 Å². The molecule has 0 aliphatic heterocycles. The van der Waals surface area contributed by atoms with Crippen molar-refractivity contribution < 1.29 is 10.0 Å². The summed E-state index contributed by atoms with van der Waals surface area (Å²) in [5.74, 6) is 0.505. The first-order chi connectivity index (χ1) is 12.7. The molecule has 2 aromatic carbocycles. The first-order valence-corrected chi connectivity index (χ1v) is 9.80. The molecule has 0 spiro atoms. The van der Waals surface area contributed by atoms with Gasteiger partial charge in [0.15, 0.2) is 5.16 Å². The van der Waals surface area contributed by atoms with Gasteiger partial charge in [-0.1, -0.05) is 53.7 Å². The van der Waals surface area contributed by atoms with Crippen LogP contribution in [0.3, 0.4) is 0 Å². The summed E-state index contributed by atoms with van der Waals surface area (Å²) in [4.78, 5) is 15.8. The number of nitrogens with zero attached hydrogens (tertiary/aromatic N) is 2. The van der Waals surface area contributed by atoms with Gasteiger partial charge >= 0.3 is 0 Å². The quantitative estimate of drug-likeness (QED) is 0.257. The van der Waals surface area contributed by atoms with E-state index in [2.05, 4.69) is 10.6 Å². The Bertz CT molecular complexity index is 897. The van der Waals surface area contributed by atoms with E-state index in [4.69, 9.17) is 21.8 Å². The topological polar surface area (TPSA) is 67.2 Å². The number of halogens is 1. The summed E-state index contributed by atoms with van der Waals surface area (Å²) in [6, 6.07) is 15.9. The Morgan fingerprint density at radius 3 is 2.73 bits per heavy atom. The second-order valence-corrected chi connectivity index (χ2v) is 7.37. The summed E-state index contributed by atoms with van der Waals surface area (Å²) in [6.07, 6.45) is 1.92. The van der Waals surface area contributed by atoms with Crippen LogP contribution in [0.5, 0.6) is 0 Å². The van der Waals surface area contributed by atoms with Gasteiger partial charge in [-0.05, 0) is 36.6 Å². The van der Waals surface area contributed by atoms with Crippen molar-refractivity contribution in [3.05, 3.63) is 59.1 Å². The maximum absolute atomic E-state index is 11.1. The Morgan fingerprint density at radius 2 is 1.92 bits per heavy atom. The van der Waals surface area contributed by atoms with Crippen LogP contribution in [-0.4, -0.2) is 26.4 Å². The number of fused-ring (bicyclic) bond motifs is 1. The molecule has 0 saturated heterocycles. The van der Waals surface area contributed by atoms with Crippen LogP contribution < -0.4 is 5.48 Å². The molecule has 2 N–H and O–H groups in total.